The van der Waals surface area contributed by atoms with Gasteiger partial charge in [-0.2, -0.15) is 9.13 Å². The molecule has 0 fully saturated rings. The molecular weight excluding hydrogens is 395 g/mol. The summed E-state index contributed by atoms with van der Waals surface area (Å²) in [6.45, 7) is 3.58. The summed E-state index contributed by atoms with van der Waals surface area (Å²) in [5, 5.41) is 21.4. The molecule has 2 N–H and O–H groups in total. The largest absolute Gasteiger partial charge is 0.488 e. The molecule has 2 aromatic heterocycles. The Hall–Kier alpha value is -3.54. The van der Waals surface area contributed by atoms with Crippen LogP contribution in [-0.4, -0.2) is 17.2 Å². The summed E-state index contributed by atoms with van der Waals surface area (Å²) >= 11 is 0. The Morgan fingerprint density at radius 3 is 2.25 bits per heavy atom. The molecule has 0 bridgehead atoms. The lowest BCUT2D eigenvalue weighted by Crippen LogP contribution is -2.38. The maximum Gasteiger partial charge on any atom is 0.488 e. The molecule has 0 unspecified atom stereocenters. The van der Waals surface area contributed by atoms with Crippen LogP contribution in [-0.2, 0) is 13.1 Å². The number of benzene rings is 3. The van der Waals surface area contributed by atoms with E-state index in [1.165, 1.54) is 32.9 Å². The molecular formula is C27H25BN2O2+2. The molecule has 5 heteroatoms. The highest BCUT2D eigenvalue weighted by molar-refractivity contribution is 6.58. The molecule has 0 amide bonds. The molecule has 0 aliphatic rings. The molecule has 2 heterocycles. The number of aromatic nitrogens is 2. The van der Waals surface area contributed by atoms with E-state index >= 15 is 0 Å². The number of hydrogen-bond donors (Lipinski definition) is 2. The minimum absolute atomic E-state index is 0.504. The van der Waals surface area contributed by atoms with E-state index in [0.29, 0.717) is 12.0 Å². The van der Waals surface area contributed by atoms with Gasteiger partial charge in [-0.3, -0.25) is 0 Å². The zero-order valence-corrected chi connectivity index (χ0v) is 18.0. The number of fused-ring (bicyclic) bond motifs is 3. The maximum atomic E-state index is 9.54. The van der Waals surface area contributed by atoms with E-state index in [9.17, 15) is 10.0 Å². The molecule has 0 saturated heterocycles. The molecule has 3 aromatic carbocycles. The van der Waals surface area contributed by atoms with Crippen molar-refractivity contribution in [3.63, 3.8) is 0 Å². The van der Waals surface area contributed by atoms with Gasteiger partial charge >= 0.3 is 7.12 Å². The summed E-state index contributed by atoms with van der Waals surface area (Å²) in [7, 11) is -1.46. The monoisotopic (exact) mass is 420 g/mol. The van der Waals surface area contributed by atoms with Crippen molar-refractivity contribution >= 4 is 34.4 Å². The van der Waals surface area contributed by atoms with Gasteiger partial charge in [0.2, 0.25) is 11.0 Å². The van der Waals surface area contributed by atoms with Gasteiger partial charge in [0.1, 0.15) is 5.39 Å². The van der Waals surface area contributed by atoms with Gasteiger partial charge in [-0.1, -0.05) is 48.0 Å². The smallest absolute Gasteiger partial charge is 0.423 e. The Kier molecular flexibility index (Phi) is 5.44. The van der Waals surface area contributed by atoms with Crippen molar-refractivity contribution in [3.8, 4) is 0 Å². The van der Waals surface area contributed by atoms with Gasteiger partial charge in [0.25, 0.3) is 0 Å². The van der Waals surface area contributed by atoms with Crippen LogP contribution in [0.5, 0.6) is 0 Å². The van der Waals surface area contributed by atoms with Crippen molar-refractivity contribution in [1.82, 2.24) is 0 Å². The highest BCUT2D eigenvalue weighted by Gasteiger charge is 2.19. The van der Waals surface area contributed by atoms with Crippen LogP contribution in [0.4, 0.5) is 0 Å². The molecule has 5 rings (SSSR count). The van der Waals surface area contributed by atoms with E-state index in [2.05, 4.69) is 89.1 Å². The number of hydrogen-bond acceptors (Lipinski definition) is 2. The lowest BCUT2D eigenvalue weighted by Gasteiger charge is -2.07. The molecule has 5 aromatic rings. The van der Waals surface area contributed by atoms with Crippen LogP contribution in [0.15, 0.2) is 97.3 Å². The number of pyridine rings is 2. The van der Waals surface area contributed by atoms with Crippen LogP contribution in [0.2, 0.25) is 0 Å². The van der Waals surface area contributed by atoms with Crippen molar-refractivity contribution in [3.05, 3.63) is 114 Å². The Labute approximate surface area is 187 Å². The van der Waals surface area contributed by atoms with Gasteiger partial charge in [-0.05, 0) is 36.7 Å². The third kappa shape index (κ3) is 4.00. The second kappa shape index (κ2) is 8.54. The van der Waals surface area contributed by atoms with Crippen molar-refractivity contribution in [2.45, 2.75) is 20.0 Å². The molecule has 0 saturated carbocycles. The third-order valence-corrected chi connectivity index (χ3v) is 5.93. The Morgan fingerprint density at radius 1 is 0.719 bits per heavy atom. The summed E-state index contributed by atoms with van der Waals surface area (Å²) in [5.41, 5.74) is 6.42. The Morgan fingerprint density at radius 2 is 1.44 bits per heavy atom. The van der Waals surface area contributed by atoms with Gasteiger partial charge in [0.15, 0.2) is 25.5 Å². The fraction of sp³-hybridized carbons (Fsp3) is 0.111. The molecule has 4 nitrogen and oxygen atoms in total. The van der Waals surface area contributed by atoms with Crippen LogP contribution in [0.3, 0.4) is 0 Å². The van der Waals surface area contributed by atoms with Gasteiger partial charge in [-0.15, -0.1) is 0 Å². The van der Waals surface area contributed by atoms with E-state index in [1.807, 2.05) is 18.2 Å². The maximum absolute atomic E-state index is 9.54. The summed E-state index contributed by atoms with van der Waals surface area (Å²) in [6, 6.07) is 28.9. The molecule has 0 aliphatic carbocycles. The SMILES string of the molecule is Cc1cccc(C[n+]2cccc3c2ccc2ccc[n+](Cc4cccc(B(O)O)c4)c23)c1. The lowest BCUT2D eigenvalue weighted by atomic mass is 9.79. The van der Waals surface area contributed by atoms with E-state index in [0.717, 1.165) is 12.1 Å². The average Bonchev–Trinajstić information content (AvgIpc) is 2.79. The first-order valence-corrected chi connectivity index (χ1v) is 10.8. The van der Waals surface area contributed by atoms with Gasteiger partial charge in [0, 0.05) is 34.7 Å². The number of nitrogens with zero attached hydrogens (tertiary/aromatic N) is 2. The fourth-order valence-electron chi connectivity index (χ4n) is 4.46. The number of rotatable bonds is 5. The van der Waals surface area contributed by atoms with Crippen LogP contribution >= 0.6 is 0 Å². The molecule has 0 spiro atoms. The average molecular weight is 420 g/mol. The second-order valence-corrected chi connectivity index (χ2v) is 8.32. The molecule has 0 atom stereocenters. The molecule has 156 valence electrons. The van der Waals surface area contributed by atoms with Crippen molar-refractivity contribution in [1.29, 1.82) is 0 Å². The highest BCUT2D eigenvalue weighted by atomic mass is 16.4. The zero-order valence-electron chi connectivity index (χ0n) is 18.0. The Bertz CT molecular complexity index is 1430. The highest BCUT2D eigenvalue weighted by Crippen LogP contribution is 2.21. The first-order valence-electron chi connectivity index (χ1n) is 10.8. The summed E-state index contributed by atoms with van der Waals surface area (Å²) < 4.78 is 4.53. The minimum atomic E-state index is -1.46. The predicted octanol–water partition coefficient (Wildman–Crippen LogP) is 2.65. The van der Waals surface area contributed by atoms with Gasteiger partial charge < -0.3 is 10.0 Å². The van der Waals surface area contributed by atoms with Crippen molar-refractivity contribution in [2.75, 3.05) is 0 Å². The second-order valence-electron chi connectivity index (χ2n) is 8.32. The summed E-state index contributed by atoms with van der Waals surface area (Å²) in [6.07, 6.45) is 4.22. The van der Waals surface area contributed by atoms with Crippen LogP contribution < -0.4 is 14.6 Å². The summed E-state index contributed by atoms with van der Waals surface area (Å²) in [4.78, 5) is 0. The van der Waals surface area contributed by atoms with E-state index in [1.54, 1.807) is 6.07 Å². The van der Waals surface area contributed by atoms with Gasteiger partial charge in [0.05, 0.1) is 0 Å². The lowest BCUT2D eigenvalue weighted by molar-refractivity contribution is -0.665. The first kappa shape index (κ1) is 20.4. The first-order chi connectivity index (χ1) is 15.6. The van der Waals surface area contributed by atoms with Crippen molar-refractivity contribution in [2.24, 2.45) is 0 Å². The third-order valence-electron chi connectivity index (χ3n) is 5.93. The van der Waals surface area contributed by atoms with Crippen LogP contribution in [0.25, 0.3) is 21.8 Å². The van der Waals surface area contributed by atoms with E-state index < -0.39 is 7.12 Å². The zero-order chi connectivity index (χ0) is 22.1. The number of aryl methyl sites for hydroxylation is 1. The Balaban J connectivity index is 1.62. The summed E-state index contributed by atoms with van der Waals surface area (Å²) in [5.74, 6) is 0. The quantitative estimate of drug-likeness (QED) is 0.261. The molecule has 32 heavy (non-hydrogen) atoms. The van der Waals surface area contributed by atoms with E-state index in [-0.39, 0.29) is 0 Å². The predicted molar refractivity (Wildman–Crippen MR) is 127 cm³/mol. The van der Waals surface area contributed by atoms with Gasteiger partial charge in [-0.25, -0.2) is 0 Å². The molecule has 0 aliphatic heterocycles. The van der Waals surface area contributed by atoms with Crippen LogP contribution in [0.1, 0.15) is 16.7 Å². The minimum Gasteiger partial charge on any atom is -0.423 e. The standard InChI is InChI=1S/C27H25BN2O2/c1-20-6-2-7-21(16-20)18-29-14-5-11-25-26(29)13-12-23-9-4-15-30(27(23)25)19-22-8-3-10-24(17-22)28(31)32/h2-17,31-32H,18-19H2,1H3/q+2. The van der Waals surface area contributed by atoms with E-state index in [4.69, 9.17) is 0 Å². The van der Waals surface area contributed by atoms with Crippen LogP contribution in [0, 0.1) is 6.92 Å². The fourth-order valence-corrected chi connectivity index (χ4v) is 4.46. The van der Waals surface area contributed by atoms with Crippen molar-refractivity contribution < 1.29 is 19.2 Å². The normalized spacial score (nSPS) is 11.2. The molecule has 0 radical (unpaired) electrons. The topological polar surface area (TPSA) is 48.2 Å².